The van der Waals surface area contributed by atoms with Crippen molar-refractivity contribution in [1.82, 2.24) is 0 Å². The van der Waals surface area contributed by atoms with Crippen LogP contribution in [0.15, 0.2) is 48.5 Å². The number of hydrogen-bond acceptors (Lipinski definition) is 1. The summed E-state index contributed by atoms with van der Waals surface area (Å²) in [5, 5.41) is 0. The molecule has 0 radical (unpaired) electrons. The molecule has 0 fully saturated rings. The van der Waals surface area contributed by atoms with E-state index in [1.54, 1.807) is 11.1 Å². The molecule has 0 heterocycles. The van der Waals surface area contributed by atoms with E-state index in [-0.39, 0.29) is 6.04 Å². The zero-order valence-corrected chi connectivity index (χ0v) is 12.0. The summed E-state index contributed by atoms with van der Waals surface area (Å²) in [7, 11) is 0. The lowest BCUT2D eigenvalue weighted by atomic mass is 9.98. The Balaban J connectivity index is 1.53. The predicted molar refractivity (Wildman–Crippen MR) is 84.8 cm³/mol. The number of nitrogens with two attached hydrogens (primary N) is 1. The molecule has 2 N–H and O–H groups in total. The molecule has 0 saturated heterocycles. The minimum absolute atomic E-state index is 0.172. The lowest BCUT2D eigenvalue weighted by molar-refractivity contribution is 0.611. The van der Waals surface area contributed by atoms with Gasteiger partial charge in [-0.3, -0.25) is 0 Å². The first kappa shape index (κ1) is 13.4. The van der Waals surface area contributed by atoms with Gasteiger partial charge in [0, 0.05) is 6.04 Å². The molecule has 1 aliphatic rings. The van der Waals surface area contributed by atoms with Crippen LogP contribution in [0, 0.1) is 0 Å². The van der Waals surface area contributed by atoms with E-state index in [1.165, 1.54) is 30.4 Å². The van der Waals surface area contributed by atoms with Crippen molar-refractivity contribution >= 4 is 0 Å². The summed E-state index contributed by atoms with van der Waals surface area (Å²) in [6.07, 6.45) is 7.24. The number of fused-ring (bicyclic) bond motifs is 1. The minimum atomic E-state index is 0.172. The summed E-state index contributed by atoms with van der Waals surface area (Å²) >= 11 is 0. The second kappa shape index (κ2) is 6.23. The molecule has 2 aromatic rings. The number of rotatable bonds is 5. The Kier molecular flexibility index (Phi) is 4.17. The number of benzene rings is 2. The fourth-order valence-corrected chi connectivity index (χ4v) is 3.17. The first-order chi connectivity index (χ1) is 9.83. The molecule has 20 heavy (non-hydrogen) atoms. The summed E-state index contributed by atoms with van der Waals surface area (Å²) in [5.41, 5.74) is 12.1. The molecule has 0 spiro atoms. The van der Waals surface area contributed by atoms with Gasteiger partial charge >= 0.3 is 0 Å². The fourth-order valence-electron chi connectivity index (χ4n) is 3.17. The van der Waals surface area contributed by atoms with E-state index < -0.39 is 0 Å². The van der Waals surface area contributed by atoms with Crippen LogP contribution in [0.25, 0.3) is 0 Å². The minimum Gasteiger partial charge on any atom is -0.324 e. The van der Waals surface area contributed by atoms with E-state index in [1.807, 2.05) is 6.07 Å². The van der Waals surface area contributed by atoms with Crippen molar-refractivity contribution in [2.24, 2.45) is 5.73 Å². The Labute approximate surface area is 121 Å². The predicted octanol–water partition coefficient (Wildman–Crippen LogP) is 4.20. The molecule has 0 saturated carbocycles. The van der Waals surface area contributed by atoms with Gasteiger partial charge in [0.15, 0.2) is 0 Å². The molecular formula is C19H23N. The summed E-state index contributed by atoms with van der Waals surface area (Å²) < 4.78 is 0. The molecule has 0 aliphatic heterocycles. The summed E-state index contributed by atoms with van der Waals surface area (Å²) in [5.74, 6) is 0. The largest absolute Gasteiger partial charge is 0.324 e. The lowest BCUT2D eigenvalue weighted by Crippen LogP contribution is -2.10. The Morgan fingerprint density at radius 2 is 1.75 bits per heavy atom. The third kappa shape index (κ3) is 3.10. The molecule has 0 aromatic heterocycles. The van der Waals surface area contributed by atoms with E-state index in [0.717, 1.165) is 19.3 Å². The van der Waals surface area contributed by atoms with Crippen LogP contribution in [0.4, 0.5) is 0 Å². The van der Waals surface area contributed by atoms with Gasteiger partial charge in [-0.15, -0.1) is 0 Å². The van der Waals surface area contributed by atoms with Crippen molar-refractivity contribution in [3.05, 3.63) is 70.8 Å². The molecule has 104 valence electrons. The smallest absolute Gasteiger partial charge is 0.0294 e. The van der Waals surface area contributed by atoms with Crippen LogP contribution < -0.4 is 5.73 Å². The zero-order valence-electron chi connectivity index (χ0n) is 12.0. The van der Waals surface area contributed by atoms with E-state index in [4.69, 9.17) is 5.73 Å². The van der Waals surface area contributed by atoms with Crippen LogP contribution >= 0.6 is 0 Å². The molecule has 0 amide bonds. The lowest BCUT2D eigenvalue weighted by Gasteiger charge is -2.12. The topological polar surface area (TPSA) is 26.0 Å². The first-order valence-electron chi connectivity index (χ1n) is 7.74. The fraction of sp³-hybridized carbons (Fsp3) is 0.368. The monoisotopic (exact) mass is 265 g/mol. The molecular weight excluding hydrogens is 242 g/mol. The first-order valence-corrected chi connectivity index (χ1v) is 7.74. The second-order valence-electron chi connectivity index (χ2n) is 5.87. The average molecular weight is 265 g/mol. The second-order valence-corrected chi connectivity index (χ2v) is 5.87. The zero-order chi connectivity index (χ0) is 13.8. The van der Waals surface area contributed by atoms with Gasteiger partial charge in [-0.05, 0) is 60.8 Å². The summed E-state index contributed by atoms with van der Waals surface area (Å²) in [6, 6.07) is 17.6. The van der Waals surface area contributed by atoms with Crippen molar-refractivity contribution in [3.8, 4) is 0 Å². The Hall–Kier alpha value is -1.60. The van der Waals surface area contributed by atoms with Gasteiger partial charge in [0.05, 0.1) is 0 Å². The van der Waals surface area contributed by atoms with E-state index in [0.29, 0.717) is 0 Å². The van der Waals surface area contributed by atoms with Crippen molar-refractivity contribution in [2.75, 3.05) is 0 Å². The molecule has 0 bridgehead atoms. The number of hydrogen-bond donors (Lipinski definition) is 1. The Bertz CT molecular complexity index is 559. The highest BCUT2D eigenvalue weighted by molar-refractivity contribution is 5.35. The highest BCUT2D eigenvalue weighted by Crippen LogP contribution is 2.24. The van der Waals surface area contributed by atoms with Gasteiger partial charge in [0.2, 0.25) is 0 Å². The maximum atomic E-state index is 6.25. The van der Waals surface area contributed by atoms with Crippen molar-refractivity contribution in [3.63, 3.8) is 0 Å². The highest BCUT2D eigenvalue weighted by atomic mass is 14.6. The Morgan fingerprint density at radius 1 is 0.950 bits per heavy atom. The van der Waals surface area contributed by atoms with Gasteiger partial charge in [-0.2, -0.15) is 0 Å². The Morgan fingerprint density at radius 3 is 2.60 bits per heavy atom. The van der Waals surface area contributed by atoms with E-state index in [9.17, 15) is 0 Å². The normalized spacial score (nSPS) is 15.1. The van der Waals surface area contributed by atoms with E-state index >= 15 is 0 Å². The summed E-state index contributed by atoms with van der Waals surface area (Å²) in [4.78, 5) is 0. The molecule has 1 aliphatic carbocycles. The maximum absolute atomic E-state index is 6.25. The van der Waals surface area contributed by atoms with Crippen LogP contribution in [0.2, 0.25) is 0 Å². The molecule has 3 rings (SSSR count). The van der Waals surface area contributed by atoms with Crippen LogP contribution in [0.1, 0.15) is 47.6 Å². The third-order valence-electron chi connectivity index (χ3n) is 4.37. The third-order valence-corrected chi connectivity index (χ3v) is 4.37. The molecule has 1 nitrogen and oxygen atoms in total. The molecule has 1 heteroatoms. The summed E-state index contributed by atoms with van der Waals surface area (Å²) in [6.45, 7) is 0. The van der Waals surface area contributed by atoms with Gasteiger partial charge in [-0.25, -0.2) is 0 Å². The van der Waals surface area contributed by atoms with Gasteiger partial charge in [0.25, 0.3) is 0 Å². The van der Waals surface area contributed by atoms with Crippen molar-refractivity contribution < 1.29 is 0 Å². The van der Waals surface area contributed by atoms with Gasteiger partial charge < -0.3 is 5.73 Å². The van der Waals surface area contributed by atoms with Crippen LogP contribution in [0.5, 0.6) is 0 Å². The average Bonchev–Trinajstić information content (AvgIpc) is 2.95. The SMILES string of the molecule is NC(CCCc1ccc2c(c1)CCC2)c1ccccc1. The van der Waals surface area contributed by atoms with Crippen LogP contribution in [-0.4, -0.2) is 0 Å². The van der Waals surface area contributed by atoms with Crippen LogP contribution in [0.3, 0.4) is 0 Å². The van der Waals surface area contributed by atoms with E-state index in [2.05, 4.69) is 42.5 Å². The van der Waals surface area contributed by atoms with Gasteiger partial charge in [-0.1, -0.05) is 48.5 Å². The quantitative estimate of drug-likeness (QED) is 0.861. The number of aryl methyl sites for hydroxylation is 3. The maximum Gasteiger partial charge on any atom is 0.0294 e. The highest BCUT2D eigenvalue weighted by Gasteiger charge is 2.11. The molecule has 2 aromatic carbocycles. The van der Waals surface area contributed by atoms with Crippen molar-refractivity contribution in [1.29, 1.82) is 0 Å². The standard InChI is InChI=1S/C19H23N/c20-19(17-7-2-1-3-8-17)11-4-6-15-12-13-16-9-5-10-18(16)14-15/h1-3,7-8,12-14,19H,4-6,9-11,20H2. The van der Waals surface area contributed by atoms with Crippen molar-refractivity contribution in [2.45, 2.75) is 44.6 Å². The molecule has 1 atom stereocenters. The molecule has 1 unspecified atom stereocenters. The van der Waals surface area contributed by atoms with Crippen LogP contribution in [-0.2, 0) is 19.3 Å². The van der Waals surface area contributed by atoms with Gasteiger partial charge in [0.1, 0.15) is 0 Å².